The molecule has 1 spiro atoms. The molecule has 0 N–H and O–H groups in total. The van der Waals surface area contributed by atoms with Crippen LogP contribution in [0.4, 0.5) is 0 Å². The zero-order chi connectivity index (χ0) is 37.1. The van der Waals surface area contributed by atoms with E-state index < -0.39 is 0 Å². The second-order valence-corrected chi connectivity index (χ2v) is 15.1. The SMILES string of the molecule is C=C(N=C(C)c1cccc2oc3ccccc3c12)c1cccc2oc3ccc(-c4ccc5c(c4)-c4ccccc4C54c5ccccc5-c5ccccc54)cc3c12. The molecule has 3 nitrogen and oxygen atoms in total. The molecule has 2 heterocycles. The number of para-hydroxylation sites is 1. The Morgan fingerprint density at radius 1 is 0.446 bits per heavy atom. The molecule has 0 unspecified atom stereocenters. The van der Waals surface area contributed by atoms with Crippen molar-refractivity contribution in [2.24, 2.45) is 4.99 Å². The highest BCUT2D eigenvalue weighted by molar-refractivity contribution is 6.19. The molecular formula is C53H33NO2. The van der Waals surface area contributed by atoms with Crippen LogP contribution in [0.5, 0.6) is 0 Å². The van der Waals surface area contributed by atoms with Crippen LogP contribution in [0.1, 0.15) is 40.3 Å². The molecule has 2 aromatic heterocycles. The van der Waals surface area contributed by atoms with Crippen molar-refractivity contribution in [3.63, 3.8) is 0 Å². The first-order valence-electron chi connectivity index (χ1n) is 19.1. The zero-order valence-corrected chi connectivity index (χ0v) is 30.6. The van der Waals surface area contributed by atoms with Crippen molar-refractivity contribution in [2.45, 2.75) is 12.3 Å². The molecule has 0 saturated carbocycles. The van der Waals surface area contributed by atoms with Gasteiger partial charge in [-0.2, -0.15) is 0 Å². The van der Waals surface area contributed by atoms with E-state index in [1.165, 1.54) is 44.5 Å². The van der Waals surface area contributed by atoms with E-state index in [4.69, 9.17) is 13.8 Å². The summed E-state index contributed by atoms with van der Waals surface area (Å²) in [4.78, 5) is 5.14. The molecular weight excluding hydrogens is 683 g/mol. The summed E-state index contributed by atoms with van der Waals surface area (Å²) in [6, 6.07) is 60.9. The number of fused-ring (bicyclic) bond motifs is 16. The highest BCUT2D eigenvalue weighted by Crippen LogP contribution is 2.63. The molecule has 0 radical (unpaired) electrons. The predicted octanol–water partition coefficient (Wildman–Crippen LogP) is 14.0. The van der Waals surface area contributed by atoms with Gasteiger partial charge in [0.05, 0.1) is 11.1 Å². The fourth-order valence-electron chi connectivity index (χ4n) is 9.93. The van der Waals surface area contributed by atoms with Crippen LogP contribution in [0.3, 0.4) is 0 Å². The van der Waals surface area contributed by atoms with Gasteiger partial charge in [0, 0.05) is 38.4 Å². The Kier molecular flexibility index (Phi) is 6.34. The molecule has 12 rings (SSSR count). The third kappa shape index (κ3) is 4.09. The topological polar surface area (TPSA) is 38.6 Å². The van der Waals surface area contributed by atoms with Crippen molar-refractivity contribution in [2.75, 3.05) is 0 Å². The Morgan fingerprint density at radius 3 is 1.64 bits per heavy atom. The van der Waals surface area contributed by atoms with E-state index in [0.717, 1.165) is 71.8 Å². The summed E-state index contributed by atoms with van der Waals surface area (Å²) in [7, 11) is 0. The van der Waals surface area contributed by atoms with Gasteiger partial charge in [0.2, 0.25) is 0 Å². The van der Waals surface area contributed by atoms with Gasteiger partial charge in [-0.05, 0) is 99.0 Å². The predicted molar refractivity (Wildman–Crippen MR) is 230 cm³/mol. The maximum Gasteiger partial charge on any atom is 0.136 e. The van der Waals surface area contributed by atoms with E-state index in [0.29, 0.717) is 5.70 Å². The number of benzene rings is 8. The number of hydrogen-bond donors (Lipinski definition) is 0. The minimum absolute atomic E-state index is 0.355. The molecule has 0 atom stereocenters. The molecule has 262 valence electrons. The van der Waals surface area contributed by atoms with Gasteiger partial charge < -0.3 is 8.83 Å². The molecule has 0 fully saturated rings. The van der Waals surface area contributed by atoms with Crippen LogP contribution in [-0.2, 0) is 5.41 Å². The minimum Gasteiger partial charge on any atom is -0.456 e. The lowest BCUT2D eigenvalue weighted by molar-refractivity contribution is 0.668. The van der Waals surface area contributed by atoms with Crippen molar-refractivity contribution < 1.29 is 8.83 Å². The maximum absolute atomic E-state index is 6.47. The summed E-state index contributed by atoms with van der Waals surface area (Å²) < 4.78 is 12.6. The fraction of sp³-hybridized carbons (Fsp3) is 0.0377. The van der Waals surface area contributed by atoms with E-state index in [-0.39, 0.29) is 5.41 Å². The van der Waals surface area contributed by atoms with Crippen molar-refractivity contribution >= 4 is 55.3 Å². The number of aliphatic imine (C=N–C) groups is 1. The summed E-state index contributed by atoms with van der Waals surface area (Å²) in [6.07, 6.45) is 0. The highest BCUT2D eigenvalue weighted by Gasteiger charge is 2.51. The monoisotopic (exact) mass is 715 g/mol. The van der Waals surface area contributed by atoms with Crippen molar-refractivity contribution in [1.82, 2.24) is 0 Å². The van der Waals surface area contributed by atoms with Gasteiger partial charge in [-0.3, -0.25) is 4.99 Å². The van der Waals surface area contributed by atoms with Crippen molar-refractivity contribution in [3.8, 4) is 33.4 Å². The molecule has 10 aromatic rings. The number of rotatable bonds is 4. The number of hydrogen-bond acceptors (Lipinski definition) is 3. The lowest BCUT2D eigenvalue weighted by atomic mass is 9.70. The smallest absolute Gasteiger partial charge is 0.136 e. The highest BCUT2D eigenvalue weighted by atomic mass is 16.3. The molecule has 0 aliphatic heterocycles. The molecule has 56 heavy (non-hydrogen) atoms. The zero-order valence-electron chi connectivity index (χ0n) is 30.6. The van der Waals surface area contributed by atoms with Crippen LogP contribution in [0.2, 0.25) is 0 Å². The van der Waals surface area contributed by atoms with E-state index in [2.05, 4.69) is 134 Å². The average molecular weight is 716 g/mol. The van der Waals surface area contributed by atoms with Gasteiger partial charge in [0.15, 0.2) is 0 Å². The minimum atomic E-state index is -0.355. The van der Waals surface area contributed by atoms with E-state index in [9.17, 15) is 0 Å². The second kappa shape index (κ2) is 11.4. The van der Waals surface area contributed by atoms with Gasteiger partial charge >= 0.3 is 0 Å². The van der Waals surface area contributed by atoms with Crippen LogP contribution >= 0.6 is 0 Å². The van der Waals surface area contributed by atoms with E-state index >= 15 is 0 Å². The fourth-order valence-corrected chi connectivity index (χ4v) is 9.93. The molecule has 2 aliphatic carbocycles. The Morgan fingerprint density at radius 2 is 0.946 bits per heavy atom. The molecule has 3 heteroatoms. The van der Waals surface area contributed by atoms with Crippen LogP contribution in [0.15, 0.2) is 190 Å². The average Bonchev–Trinajstić information content (AvgIpc) is 3.98. The first-order chi connectivity index (χ1) is 27.6. The third-order valence-electron chi connectivity index (χ3n) is 12.2. The number of nitrogens with zero attached hydrogens (tertiary/aromatic N) is 1. The third-order valence-corrected chi connectivity index (χ3v) is 12.2. The van der Waals surface area contributed by atoms with Gasteiger partial charge in [0.1, 0.15) is 22.3 Å². The van der Waals surface area contributed by atoms with Gasteiger partial charge in [-0.1, -0.05) is 140 Å². The molecule has 0 saturated heterocycles. The Balaban J connectivity index is 0.992. The first-order valence-corrected chi connectivity index (χ1v) is 19.1. The van der Waals surface area contributed by atoms with Crippen molar-refractivity contribution in [1.29, 1.82) is 0 Å². The summed E-state index contributed by atoms with van der Waals surface area (Å²) >= 11 is 0. The summed E-state index contributed by atoms with van der Waals surface area (Å²) in [6.45, 7) is 6.56. The summed E-state index contributed by atoms with van der Waals surface area (Å²) in [5, 5.41) is 4.21. The van der Waals surface area contributed by atoms with Gasteiger partial charge in [0.25, 0.3) is 0 Å². The Hall–Kier alpha value is -7.23. The number of furan rings is 2. The van der Waals surface area contributed by atoms with Crippen LogP contribution in [0, 0.1) is 0 Å². The molecule has 2 aliphatic rings. The largest absolute Gasteiger partial charge is 0.456 e. The Labute approximate surface area is 323 Å². The quantitative estimate of drug-likeness (QED) is 0.170. The molecule has 0 amide bonds. The van der Waals surface area contributed by atoms with Crippen LogP contribution in [0.25, 0.3) is 83.0 Å². The van der Waals surface area contributed by atoms with Gasteiger partial charge in [-0.25, -0.2) is 0 Å². The van der Waals surface area contributed by atoms with Crippen LogP contribution in [-0.4, -0.2) is 5.71 Å². The lowest BCUT2D eigenvalue weighted by Gasteiger charge is -2.30. The summed E-state index contributed by atoms with van der Waals surface area (Å²) in [5.41, 5.74) is 19.4. The van der Waals surface area contributed by atoms with E-state index in [1.807, 2.05) is 49.4 Å². The summed E-state index contributed by atoms with van der Waals surface area (Å²) in [5.74, 6) is 0. The van der Waals surface area contributed by atoms with E-state index in [1.54, 1.807) is 0 Å². The normalized spacial score (nSPS) is 13.8. The van der Waals surface area contributed by atoms with Gasteiger partial charge in [-0.15, -0.1) is 0 Å². The molecule has 0 bridgehead atoms. The first kappa shape index (κ1) is 31.2. The Bertz CT molecular complexity index is 3310. The lowest BCUT2D eigenvalue weighted by Crippen LogP contribution is -2.25. The second-order valence-electron chi connectivity index (χ2n) is 15.1. The standard InChI is InChI=1S/C53H33NO2/c1-31(35-17-11-23-49-51(35)40-16-6-10-22-47(40)55-49)54-32(2)36-18-12-24-50-52(36)42-30-34(26-28-48(42)56-50)33-25-27-46-41(29-33)39-15-5-9-21-45(39)53(46)43-19-7-3-13-37(43)38-14-4-8-20-44(38)53/h3-30H,2H2,1H3. The van der Waals surface area contributed by atoms with Crippen LogP contribution < -0.4 is 0 Å². The maximum atomic E-state index is 6.47. The molecule has 8 aromatic carbocycles. The van der Waals surface area contributed by atoms with Crippen molar-refractivity contribution in [3.05, 3.63) is 210 Å².